The molecule has 0 saturated heterocycles. The third kappa shape index (κ3) is 46.3. The molecule has 7 heteroatoms. The van der Waals surface area contributed by atoms with Crippen LogP contribution < -0.4 is 10.2 Å². The predicted octanol–water partition coefficient (Wildman–Crippen LogP) is 7.93. The molecule has 0 fully saturated rings. The largest absolute Gasteiger partial charge is 2.00 e. The molecule has 2 unspecified atom stereocenters. The van der Waals surface area contributed by atoms with Crippen LogP contribution in [0.1, 0.15) is 206 Å². The summed E-state index contributed by atoms with van der Waals surface area (Å²) < 4.78 is 0. The quantitative estimate of drug-likeness (QED) is 0.0540. The summed E-state index contributed by atoms with van der Waals surface area (Å²) in [4.78, 5) is 20.5. The molecule has 0 aliphatic rings. The second-order valence-corrected chi connectivity index (χ2v) is 12.5. The molecule has 0 bridgehead atoms. The summed E-state index contributed by atoms with van der Waals surface area (Å²) in [6.07, 6.45) is 33.0. The molecule has 0 aliphatic carbocycles. The molecule has 0 heterocycles. The normalized spacial score (nSPS) is 12.2. The van der Waals surface area contributed by atoms with Gasteiger partial charge in [-0.05, 0) is 12.8 Å². The van der Waals surface area contributed by atoms with Gasteiger partial charge in [-0.25, -0.2) is 0 Å². The number of carboxylic acids is 2. The fourth-order valence-corrected chi connectivity index (χ4v) is 5.38. The van der Waals surface area contributed by atoms with Crippen molar-refractivity contribution in [3.05, 3.63) is 0 Å². The molecule has 0 aromatic heterocycles. The maximum absolute atomic E-state index is 10.3. The Morgan fingerprint density at radius 1 is 0.419 bits per heavy atom. The van der Waals surface area contributed by atoms with Crippen molar-refractivity contribution in [2.24, 2.45) is 0 Å². The van der Waals surface area contributed by atoms with Crippen molar-refractivity contribution in [2.75, 3.05) is 0 Å². The molecule has 252 valence electrons. The molecule has 0 spiro atoms. The minimum Gasteiger partial charge on any atom is -0.550 e. The van der Waals surface area contributed by atoms with E-state index in [1.807, 2.05) is 0 Å². The van der Waals surface area contributed by atoms with E-state index < -0.39 is 24.1 Å². The summed E-state index contributed by atoms with van der Waals surface area (Å²) in [6, 6.07) is 0. The number of hydrogen-bond acceptors (Lipinski definition) is 6. The number of aliphatic hydroxyl groups excluding tert-OH is 2. The summed E-state index contributed by atoms with van der Waals surface area (Å²) in [5, 5.41) is 39.3. The van der Waals surface area contributed by atoms with Gasteiger partial charge in [0.05, 0.1) is 12.2 Å². The number of rotatable bonds is 32. The third-order valence-corrected chi connectivity index (χ3v) is 8.09. The average molecular weight is 711 g/mol. The van der Waals surface area contributed by atoms with Crippen LogP contribution in [0.5, 0.6) is 0 Å². The number of carbonyl (C=O) groups excluding carboxylic acids is 2. The molecule has 0 rings (SSSR count). The number of carboxylic acid groups (broad SMARTS) is 2. The number of carbonyl (C=O) groups is 2. The molecule has 0 amide bonds. The Morgan fingerprint density at radius 3 is 0.791 bits per heavy atom. The van der Waals surface area contributed by atoms with Gasteiger partial charge in [0.1, 0.15) is 0 Å². The van der Waals surface area contributed by atoms with E-state index in [-0.39, 0.29) is 40.1 Å². The van der Waals surface area contributed by atoms with Crippen LogP contribution in [0, 0.1) is 0 Å². The summed E-state index contributed by atoms with van der Waals surface area (Å²) in [6.45, 7) is 4.51. The molecule has 0 aromatic rings. The van der Waals surface area contributed by atoms with Crippen LogP contribution in [-0.4, -0.2) is 34.4 Å². The van der Waals surface area contributed by atoms with Crippen LogP contribution >= 0.6 is 0 Å². The zero-order valence-corrected chi connectivity index (χ0v) is 32.6. The van der Waals surface area contributed by atoms with Crippen molar-refractivity contribution in [3.8, 4) is 0 Å². The van der Waals surface area contributed by atoms with Gasteiger partial charge in [0.25, 0.3) is 0 Å². The smallest absolute Gasteiger partial charge is 0.550 e. The second-order valence-electron chi connectivity index (χ2n) is 12.5. The first-order chi connectivity index (χ1) is 20.3. The number of aliphatic hydroxyl groups is 2. The first-order valence-electron chi connectivity index (χ1n) is 18.1. The van der Waals surface area contributed by atoms with E-state index in [0.717, 1.165) is 25.7 Å². The fourth-order valence-electron chi connectivity index (χ4n) is 5.38. The van der Waals surface area contributed by atoms with Gasteiger partial charge in [-0.1, -0.05) is 181 Å². The SMILES string of the molecule is CCCCCCCCCCCCCCCC(O)CC(=O)[O-].CCCCCCCCCCCCCCCC(O)CC(=O)[O-].[Cd+2]. The zero-order chi connectivity index (χ0) is 31.5. The number of unbranched alkanes of at least 4 members (excludes halogenated alkanes) is 24. The average Bonchev–Trinajstić information content (AvgIpc) is 2.93. The first-order valence-corrected chi connectivity index (χ1v) is 18.1. The molecule has 0 saturated carbocycles. The van der Waals surface area contributed by atoms with Gasteiger partial charge in [0, 0.05) is 24.8 Å². The van der Waals surface area contributed by atoms with E-state index in [4.69, 9.17) is 0 Å². The van der Waals surface area contributed by atoms with Crippen molar-refractivity contribution < 1.29 is 57.3 Å². The Kier molecular flexibility index (Phi) is 43.7. The molecule has 0 aliphatic heterocycles. The van der Waals surface area contributed by atoms with Crippen LogP contribution in [0.15, 0.2) is 0 Å². The van der Waals surface area contributed by atoms with Crippen LogP contribution in [0.3, 0.4) is 0 Å². The summed E-state index contributed by atoms with van der Waals surface area (Å²) in [5.74, 6) is -2.31. The number of aliphatic carboxylic acids is 2. The fraction of sp³-hybridized carbons (Fsp3) is 0.944. The third-order valence-electron chi connectivity index (χ3n) is 8.09. The van der Waals surface area contributed by atoms with E-state index in [1.54, 1.807) is 0 Å². The number of hydrogen-bond donors (Lipinski definition) is 2. The van der Waals surface area contributed by atoms with Crippen LogP contribution in [0.2, 0.25) is 0 Å². The Labute approximate surface area is 286 Å². The van der Waals surface area contributed by atoms with Crippen molar-refractivity contribution in [2.45, 2.75) is 219 Å². The van der Waals surface area contributed by atoms with E-state index in [9.17, 15) is 30.0 Å². The van der Waals surface area contributed by atoms with Gasteiger partial charge < -0.3 is 30.0 Å². The van der Waals surface area contributed by atoms with E-state index >= 15 is 0 Å². The monoisotopic (exact) mass is 712 g/mol. The van der Waals surface area contributed by atoms with Crippen molar-refractivity contribution >= 4 is 11.9 Å². The maximum Gasteiger partial charge on any atom is 2.00 e. The first kappa shape index (κ1) is 47.2. The molecule has 0 aromatic carbocycles. The Morgan fingerprint density at radius 2 is 0.605 bits per heavy atom. The standard InChI is InChI=1S/2C18H36O3.Cd/c2*1-2-3-4-5-6-7-8-9-10-11-12-13-14-15-17(19)16-18(20)21;/h2*17,19H,2-16H2,1H3,(H,20,21);/q;;+2/p-2. The summed E-state index contributed by atoms with van der Waals surface area (Å²) in [7, 11) is 0. The topological polar surface area (TPSA) is 121 Å². The summed E-state index contributed by atoms with van der Waals surface area (Å²) >= 11 is 0. The van der Waals surface area contributed by atoms with Gasteiger partial charge in [-0.2, -0.15) is 0 Å². The minimum atomic E-state index is -1.16. The molecular formula is C36H70CdO6. The van der Waals surface area contributed by atoms with Gasteiger partial charge in [-0.15, -0.1) is 0 Å². The van der Waals surface area contributed by atoms with Crippen LogP contribution in [0.4, 0.5) is 0 Å². The zero-order valence-electron chi connectivity index (χ0n) is 28.6. The predicted molar refractivity (Wildman–Crippen MR) is 172 cm³/mol. The van der Waals surface area contributed by atoms with E-state index in [1.165, 1.54) is 141 Å². The van der Waals surface area contributed by atoms with Gasteiger partial charge in [-0.3, -0.25) is 0 Å². The Bertz CT molecular complexity index is 512. The van der Waals surface area contributed by atoms with Gasteiger partial charge in [0.15, 0.2) is 0 Å². The van der Waals surface area contributed by atoms with E-state index in [2.05, 4.69) is 13.8 Å². The molecule has 2 N–H and O–H groups in total. The van der Waals surface area contributed by atoms with Crippen molar-refractivity contribution in [1.82, 2.24) is 0 Å². The molecule has 0 radical (unpaired) electrons. The van der Waals surface area contributed by atoms with Gasteiger partial charge in [0.2, 0.25) is 0 Å². The molecule has 2 atom stereocenters. The summed E-state index contributed by atoms with van der Waals surface area (Å²) in [5.41, 5.74) is 0. The maximum atomic E-state index is 10.3. The van der Waals surface area contributed by atoms with Crippen LogP contribution in [-0.2, 0) is 36.9 Å². The molecule has 6 nitrogen and oxygen atoms in total. The molecular weight excluding hydrogens is 641 g/mol. The minimum absolute atomic E-state index is 0. The van der Waals surface area contributed by atoms with Crippen LogP contribution in [0.25, 0.3) is 0 Å². The van der Waals surface area contributed by atoms with Gasteiger partial charge >= 0.3 is 27.3 Å². The second kappa shape index (κ2) is 39.8. The molecule has 43 heavy (non-hydrogen) atoms. The van der Waals surface area contributed by atoms with Crippen molar-refractivity contribution in [1.29, 1.82) is 0 Å². The Balaban J connectivity index is -0.000000727. The van der Waals surface area contributed by atoms with Crippen molar-refractivity contribution in [3.63, 3.8) is 0 Å². The van der Waals surface area contributed by atoms with E-state index in [0.29, 0.717) is 12.8 Å². The Hall–Kier alpha value is -0.218.